The SMILES string of the molecule is CCS(=O)(=O)Nc1ccc(NC(=O)C(NC(=O)c2cccc(C)c2)C(C)C)cc1C. The number of hydrogen-bond acceptors (Lipinski definition) is 4. The Hall–Kier alpha value is -2.87. The molecule has 8 heteroatoms. The molecule has 7 nitrogen and oxygen atoms in total. The summed E-state index contributed by atoms with van der Waals surface area (Å²) in [5.41, 5.74) is 3.12. The first-order valence-corrected chi connectivity index (χ1v) is 11.5. The standard InChI is InChI=1S/C22H29N3O4S/c1-6-30(28,29)25-19-11-10-18(13-16(19)5)23-22(27)20(14(2)3)24-21(26)17-9-7-8-15(4)12-17/h7-14,20,25H,6H2,1-5H3,(H,23,27)(H,24,26). The number of hydrogen-bond donors (Lipinski definition) is 3. The molecule has 2 amide bonds. The van der Waals surface area contributed by atoms with Crippen molar-refractivity contribution < 1.29 is 18.0 Å². The number of carbonyl (C=O) groups excluding carboxylic acids is 2. The monoisotopic (exact) mass is 431 g/mol. The van der Waals surface area contributed by atoms with Gasteiger partial charge in [-0.15, -0.1) is 0 Å². The molecule has 2 rings (SSSR count). The van der Waals surface area contributed by atoms with Gasteiger partial charge in [-0.1, -0.05) is 31.5 Å². The lowest BCUT2D eigenvalue weighted by molar-refractivity contribution is -0.118. The van der Waals surface area contributed by atoms with Crippen LogP contribution in [0.3, 0.4) is 0 Å². The molecule has 0 aromatic heterocycles. The molecule has 0 bridgehead atoms. The van der Waals surface area contributed by atoms with Crippen molar-refractivity contribution in [3.05, 3.63) is 59.2 Å². The van der Waals surface area contributed by atoms with Gasteiger partial charge in [0.2, 0.25) is 15.9 Å². The van der Waals surface area contributed by atoms with Gasteiger partial charge >= 0.3 is 0 Å². The van der Waals surface area contributed by atoms with Crippen molar-refractivity contribution in [2.75, 3.05) is 15.8 Å². The molecule has 0 saturated carbocycles. The maximum Gasteiger partial charge on any atom is 0.251 e. The molecule has 1 unspecified atom stereocenters. The van der Waals surface area contributed by atoms with Crippen LogP contribution in [0.1, 0.15) is 42.3 Å². The number of anilines is 2. The van der Waals surface area contributed by atoms with Crippen molar-refractivity contribution in [1.82, 2.24) is 5.32 Å². The van der Waals surface area contributed by atoms with Gasteiger partial charge in [0.25, 0.3) is 5.91 Å². The fourth-order valence-corrected chi connectivity index (χ4v) is 3.57. The zero-order valence-electron chi connectivity index (χ0n) is 17.9. The topological polar surface area (TPSA) is 104 Å². The fourth-order valence-electron chi connectivity index (χ4n) is 2.86. The zero-order chi connectivity index (χ0) is 22.5. The number of aryl methyl sites for hydroxylation is 2. The number of sulfonamides is 1. The van der Waals surface area contributed by atoms with Gasteiger partial charge in [-0.25, -0.2) is 8.42 Å². The van der Waals surface area contributed by atoms with Crippen molar-refractivity contribution in [2.45, 2.75) is 40.7 Å². The second-order valence-corrected chi connectivity index (χ2v) is 9.60. The molecule has 0 fully saturated rings. The van der Waals surface area contributed by atoms with Crippen molar-refractivity contribution in [2.24, 2.45) is 5.92 Å². The van der Waals surface area contributed by atoms with E-state index in [-0.39, 0.29) is 23.5 Å². The van der Waals surface area contributed by atoms with Gasteiger partial charge in [0.1, 0.15) is 6.04 Å². The van der Waals surface area contributed by atoms with Gasteiger partial charge in [0, 0.05) is 11.3 Å². The molecule has 2 aromatic rings. The molecule has 0 heterocycles. The molecule has 3 N–H and O–H groups in total. The van der Waals surface area contributed by atoms with Crippen molar-refractivity contribution in [3.63, 3.8) is 0 Å². The van der Waals surface area contributed by atoms with Gasteiger partial charge in [-0.2, -0.15) is 0 Å². The van der Waals surface area contributed by atoms with E-state index in [1.807, 2.05) is 26.8 Å². The Morgan fingerprint density at radius 2 is 1.73 bits per heavy atom. The molecule has 0 radical (unpaired) electrons. The number of nitrogens with one attached hydrogen (secondary N) is 3. The molecule has 2 aromatic carbocycles. The summed E-state index contributed by atoms with van der Waals surface area (Å²) < 4.78 is 26.0. The summed E-state index contributed by atoms with van der Waals surface area (Å²) in [5.74, 6) is -0.808. The van der Waals surface area contributed by atoms with E-state index in [9.17, 15) is 18.0 Å². The third-order valence-electron chi connectivity index (χ3n) is 4.66. The normalized spacial score (nSPS) is 12.3. The molecular weight excluding hydrogens is 402 g/mol. The summed E-state index contributed by atoms with van der Waals surface area (Å²) >= 11 is 0. The van der Waals surface area contributed by atoms with E-state index < -0.39 is 16.1 Å². The predicted octanol–water partition coefficient (Wildman–Crippen LogP) is 3.46. The summed E-state index contributed by atoms with van der Waals surface area (Å²) in [5, 5.41) is 5.61. The zero-order valence-corrected chi connectivity index (χ0v) is 18.8. The third-order valence-corrected chi connectivity index (χ3v) is 5.95. The average Bonchev–Trinajstić information content (AvgIpc) is 2.67. The smallest absolute Gasteiger partial charge is 0.251 e. The molecule has 1 atom stereocenters. The summed E-state index contributed by atoms with van der Waals surface area (Å²) in [6, 6.07) is 11.4. The summed E-state index contributed by atoms with van der Waals surface area (Å²) in [7, 11) is -3.38. The molecule has 30 heavy (non-hydrogen) atoms. The third kappa shape index (κ3) is 6.32. The Labute approximate surface area is 178 Å². The van der Waals surface area contributed by atoms with Crippen LogP contribution in [-0.2, 0) is 14.8 Å². The Bertz CT molecular complexity index is 1030. The van der Waals surface area contributed by atoms with E-state index in [4.69, 9.17) is 0 Å². The average molecular weight is 432 g/mol. The lowest BCUT2D eigenvalue weighted by atomic mass is 10.0. The highest BCUT2D eigenvalue weighted by molar-refractivity contribution is 7.92. The molecule has 0 aliphatic heterocycles. The lowest BCUT2D eigenvalue weighted by Gasteiger charge is -2.22. The van der Waals surface area contributed by atoms with Crippen LogP contribution in [0.2, 0.25) is 0 Å². The minimum atomic E-state index is -3.38. The Morgan fingerprint density at radius 1 is 1.03 bits per heavy atom. The number of amides is 2. The molecular formula is C22H29N3O4S. The Balaban J connectivity index is 2.13. The summed E-state index contributed by atoms with van der Waals surface area (Å²) in [4.78, 5) is 25.4. The number of carbonyl (C=O) groups is 2. The second-order valence-electron chi connectivity index (χ2n) is 7.59. The summed E-state index contributed by atoms with van der Waals surface area (Å²) in [6.45, 7) is 8.92. The van der Waals surface area contributed by atoms with Crippen molar-refractivity contribution in [3.8, 4) is 0 Å². The van der Waals surface area contributed by atoms with Crippen LogP contribution in [0.25, 0.3) is 0 Å². The maximum atomic E-state index is 12.8. The molecule has 0 aliphatic rings. The van der Waals surface area contributed by atoms with E-state index in [2.05, 4.69) is 15.4 Å². The van der Waals surface area contributed by atoms with E-state index >= 15 is 0 Å². The van der Waals surface area contributed by atoms with Gasteiger partial charge < -0.3 is 10.6 Å². The molecule has 0 spiro atoms. The Morgan fingerprint density at radius 3 is 2.30 bits per heavy atom. The van der Waals surface area contributed by atoms with Crippen LogP contribution in [0.4, 0.5) is 11.4 Å². The van der Waals surface area contributed by atoms with Crippen LogP contribution in [0, 0.1) is 19.8 Å². The van der Waals surface area contributed by atoms with Crippen LogP contribution in [0.5, 0.6) is 0 Å². The van der Waals surface area contributed by atoms with Gasteiger partial charge in [0.05, 0.1) is 11.4 Å². The largest absolute Gasteiger partial charge is 0.340 e. The van der Waals surface area contributed by atoms with Crippen LogP contribution in [0.15, 0.2) is 42.5 Å². The van der Waals surface area contributed by atoms with Gasteiger partial charge in [0.15, 0.2) is 0 Å². The number of rotatable bonds is 8. The van der Waals surface area contributed by atoms with E-state index in [0.717, 1.165) is 5.56 Å². The fraction of sp³-hybridized carbons (Fsp3) is 0.364. The van der Waals surface area contributed by atoms with Crippen LogP contribution < -0.4 is 15.4 Å². The highest BCUT2D eigenvalue weighted by atomic mass is 32.2. The number of benzene rings is 2. The highest BCUT2D eigenvalue weighted by Crippen LogP contribution is 2.21. The highest BCUT2D eigenvalue weighted by Gasteiger charge is 2.25. The first-order valence-electron chi connectivity index (χ1n) is 9.82. The van der Waals surface area contributed by atoms with Crippen LogP contribution >= 0.6 is 0 Å². The Kier molecular flexibility index (Phi) is 7.61. The van der Waals surface area contributed by atoms with Crippen molar-refractivity contribution >= 4 is 33.2 Å². The van der Waals surface area contributed by atoms with Crippen LogP contribution in [-0.4, -0.2) is 32.0 Å². The van der Waals surface area contributed by atoms with Crippen molar-refractivity contribution in [1.29, 1.82) is 0 Å². The molecule has 0 saturated heterocycles. The maximum absolute atomic E-state index is 12.8. The first kappa shape index (κ1) is 23.4. The minimum absolute atomic E-state index is 0.0262. The van der Waals surface area contributed by atoms with Gasteiger partial charge in [-0.3, -0.25) is 14.3 Å². The molecule has 0 aliphatic carbocycles. The van der Waals surface area contributed by atoms with E-state index in [1.165, 1.54) is 0 Å². The molecule has 162 valence electrons. The summed E-state index contributed by atoms with van der Waals surface area (Å²) in [6.07, 6.45) is 0. The van der Waals surface area contributed by atoms with E-state index in [0.29, 0.717) is 22.5 Å². The van der Waals surface area contributed by atoms with E-state index in [1.54, 1.807) is 50.2 Å². The quantitative estimate of drug-likeness (QED) is 0.595. The first-order chi connectivity index (χ1) is 14.0. The second kappa shape index (κ2) is 9.75. The lowest BCUT2D eigenvalue weighted by Crippen LogP contribution is -2.47. The van der Waals surface area contributed by atoms with Gasteiger partial charge in [-0.05, 0) is 62.6 Å². The minimum Gasteiger partial charge on any atom is -0.340 e. The predicted molar refractivity (Wildman–Crippen MR) is 120 cm³/mol.